The summed E-state index contributed by atoms with van der Waals surface area (Å²) in [6, 6.07) is 8.00. The van der Waals surface area contributed by atoms with Crippen LogP contribution < -0.4 is 5.73 Å². The van der Waals surface area contributed by atoms with Crippen LogP contribution in [0, 0.1) is 5.92 Å². The predicted octanol–water partition coefficient (Wildman–Crippen LogP) is 1.89. The Morgan fingerprint density at radius 3 is 2.75 bits per heavy atom. The van der Waals surface area contributed by atoms with Gasteiger partial charge in [0.1, 0.15) is 0 Å². The van der Waals surface area contributed by atoms with Crippen LogP contribution in [0.25, 0.3) is 0 Å². The van der Waals surface area contributed by atoms with E-state index < -0.39 is 0 Å². The second-order valence-corrected chi connectivity index (χ2v) is 3.88. The lowest BCUT2D eigenvalue weighted by atomic mass is 10.00. The van der Waals surface area contributed by atoms with E-state index in [4.69, 9.17) is 10.5 Å². The average Bonchev–Trinajstić information content (AvgIpc) is 2.29. The fourth-order valence-corrected chi connectivity index (χ4v) is 1.61. The number of ether oxygens (including phenoxy) is 1. The normalized spacial score (nSPS) is 12.2. The molecule has 0 bridgehead atoms. The molecule has 1 aromatic rings. The lowest BCUT2D eigenvalue weighted by molar-refractivity contribution is -0.147. The lowest BCUT2D eigenvalue weighted by Gasteiger charge is -2.10. The molecule has 0 aromatic heterocycles. The summed E-state index contributed by atoms with van der Waals surface area (Å²) in [7, 11) is 0. The molecule has 1 rings (SSSR count). The Kier molecular flexibility index (Phi) is 4.99. The summed E-state index contributed by atoms with van der Waals surface area (Å²) >= 11 is 0. The van der Waals surface area contributed by atoms with Crippen molar-refractivity contribution in [2.45, 2.75) is 26.8 Å². The van der Waals surface area contributed by atoms with Crippen LogP contribution in [0.5, 0.6) is 0 Å². The Morgan fingerprint density at radius 1 is 1.44 bits per heavy atom. The van der Waals surface area contributed by atoms with E-state index in [0.29, 0.717) is 19.6 Å². The van der Waals surface area contributed by atoms with Gasteiger partial charge in [-0.3, -0.25) is 4.79 Å². The maximum absolute atomic E-state index is 11.5. The van der Waals surface area contributed by atoms with E-state index in [1.54, 1.807) is 0 Å². The summed E-state index contributed by atoms with van der Waals surface area (Å²) in [5.74, 6) is -0.242. The molecule has 16 heavy (non-hydrogen) atoms. The summed E-state index contributed by atoms with van der Waals surface area (Å²) in [5, 5.41) is 0. The Bertz CT molecular complexity index is 350. The first-order valence-electron chi connectivity index (χ1n) is 5.62. The minimum absolute atomic E-state index is 0.104. The molecule has 3 heteroatoms. The molecule has 0 radical (unpaired) electrons. The smallest absolute Gasteiger partial charge is 0.308 e. The maximum Gasteiger partial charge on any atom is 0.308 e. The molecule has 0 heterocycles. The molecule has 0 spiro atoms. The van der Waals surface area contributed by atoms with Gasteiger partial charge < -0.3 is 10.5 Å². The van der Waals surface area contributed by atoms with Gasteiger partial charge in [-0.05, 0) is 24.5 Å². The summed E-state index contributed by atoms with van der Waals surface area (Å²) in [6.07, 6.45) is 0.701. The standard InChI is InChI=1S/C13H19NO2/c1-3-16-13(15)10(2)7-11-5-4-6-12(8-11)9-14/h4-6,8,10H,3,7,9,14H2,1-2H3. The maximum atomic E-state index is 11.5. The van der Waals surface area contributed by atoms with E-state index in [2.05, 4.69) is 0 Å². The number of esters is 1. The van der Waals surface area contributed by atoms with Crippen LogP contribution in [0.1, 0.15) is 25.0 Å². The zero-order valence-corrected chi connectivity index (χ0v) is 9.90. The molecular formula is C13H19NO2. The van der Waals surface area contributed by atoms with Gasteiger partial charge in [-0.15, -0.1) is 0 Å². The van der Waals surface area contributed by atoms with Crippen LogP contribution in [0.3, 0.4) is 0 Å². The molecular weight excluding hydrogens is 202 g/mol. The van der Waals surface area contributed by atoms with Crippen molar-refractivity contribution in [3.63, 3.8) is 0 Å². The second-order valence-electron chi connectivity index (χ2n) is 3.88. The van der Waals surface area contributed by atoms with E-state index >= 15 is 0 Å². The SMILES string of the molecule is CCOC(=O)C(C)Cc1cccc(CN)c1. The molecule has 0 saturated heterocycles. The fourth-order valence-electron chi connectivity index (χ4n) is 1.61. The number of nitrogens with two attached hydrogens (primary N) is 1. The first-order chi connectivity index (χ1) is 7.67. The molecule has 0 aliphatic rings. The van der Waals surface area contributed by atoms with Crippen molar-refractivity contribution in [2.75, 3.05) is 6.61 Å². The fraction of sp³-hybridized carbons (Fsp3) is 0.462. The van der Waals surface area contributed by atoms with Crippen molar-refractivity contribution in [1.29, 1.82) is 0 Å². The van der Waals surface area contributed by atoms with Crippen molar-refractivity contribution in [2.24, 2.45) is 11.7 Å². The Morgan fingerprint density at radius 2 is 2.12 bits per heavy atom. The molecule has 88 valence electrons. The third kappa shape index (κ3) is 3.66. The number of carbonyl (C=O) groups excluding carboxylic acids is 1. The Hall–Kier alpha value is -1.35. The van der Waals surface area contributed by atoms with Gasteiger partial charge >= 0.3 is 5.97 Å². The molecule has 0 fully saturated rings. The molecule has 1 atom stereocenters. The summed E-state index contributed by atoms with van der Waals surface area (Å²) < 4.78 is 4.97. The molecule has 1 unspecified atom stereocenters. The van der Waals surface area contributed by atoms with Crippen LogP contribution in [0.4, 0.5) is 0 Å². The highest BCUT2D eigenvalue weighted by Gasteiger charge is 2.14. The molecule has 3 nitrogen and oxygen atoms in total. The third-order valence-electron chi connectivity index (χ3n) is 2.46. The Labute approximate surface area is 96.6 Å². The third-order valence-corrected chi connectivity index (χ3v) is 2.46. The van der Waals surface area contributed by atoms with Crippen LogP contribution >= 0.6 is 0 Å². The van der Waals surface area contributed by atoms with E-state index in [9.17, 15) is 4.79 Å². The van der Waals surface area contributed by atoms with Gasteiger partial charge in [0.15, 0.2) is 0 Å². The van der Waals surface area contributed by atoms with Crippen molar-refractivity contribution in [3.05, 3.63) is 35.4 Å². The van der Waals surface area contributed by atoms with Gasteiger partial charge in [0.25, 0.3) is 0 Å². The van der Waals surface area contributed by atoms with Gasteiger partial charge in [-0.2, -0.15) is 0 Å². The highest BCUT2D eigenvalue weighted by molar-refractivity contribution is 5.72. The largest absolute Gasteiger partial charge is 0.466 e. The molecule has 0 amide bonds. The summed E-state index contributed by atoms with van der Waals surface area (Å²) in [5.41, 5.74) is 7.78. The minimum atomic E-state index is -0.138. The van der Waals surface area contributed by atoms with Gasteiger partial charge in [0, 0.05) is 6.54 Å². The van der Waals surface area contributed by atoms with Crippen molar-refractivity contribution >= 4 is 5.97 Å². The molecule has 2 N–H and O–H groups in total. The summed E-state index contributed by atoms with van der Waals surface area (Å²) in [4.78, 5) is 11.5. The van der Waals surface area contributed by atoms with Crippen LogP contribution in [0.15, 0.2) is 24.3 Å². The molecule has 0 saturated carbocycles. The van der Waals surface area contributed by atoms with Crippen molar-refractivity contribution < 1.29 is 9.53 Å². The first-order valence-corrected chi connectivity index (χ1v) is 5.62. The number of hydrogen-bond acceptors (Lipinski definition) is 3. The topological polar surface area (TPSA) is 52.3 Å². The van der Waals surface area contributed by atoms with E-state index in [0.717, 1.165) is 11.1 Å². The van der Waals surface area contributed by atoms with E-state index in [1.807, 2.05) is 38.1 Å². The van der Waals surface area contributed by atoms with Crippen molar-refractivity contribution in [1.82, 2.24) is 0 Å². The zero-order valence-electron chi connectivity index (χ0n) is 9.90. The number of hydrogen-bond donors (Lipinski definition) is 1. The number of rotatable bonds is 5. The number of benzene rings is 1. The molecule has 1 aromatic carbocycles. The van der Waals surface area contributed by atoms with Gasteiger partial charge in [0.2, 0.25) is 0 Å². The van der Waals surface area contributed by atoms with Crippen LogP contribution in [0.2, 0.25) is 0 Å². The quantitative estimate of drug-likeness (QED) is 0.772. The summed E-state index contributed by atoms with van der Waals surface area (Å²) in [6.45, 7) is 4.67. The number of carbonyl (C=O) groups is 1. The van der Waals surface area contributed by atoms with Crippen LogP contribution in [-0.4, -0.2) is 12.6 Å². The average molecular weight is 221 g/mol. The van der Waals surface area contributed by atoms with Crippen LogP contribution in [-0.2, 0) is 22.5 Å². The van der Waals surface area contributed by atoms with Gasteiger partial charge in [0.05, 0.1) is 12.5 Å². The minimum Gasteiger partial charge on any atom is -0.466 e. The van der Waals surface area contributed by atoms with Gasteiger partial charge in [-0.1, -0.05) is 31.2 Å². The molecule has 0 aliphatic carbocycles. The Balaban J connectivity index is 2.61. The predicted molar refractivity (Wildman–Crippen MR) is 63.8 cm³/mol. The lowest BCUT2D eigenvalue weighted by Crippen LogP contribution is -2.17. The zero-order chi connectivity index (χ0) is 12.0. The van der Waals surface area contributed by atoms with E-state index in [-0.39, 0.29) is 11.9 Å². The molecule has 0 aliphatic heterocycles. The van der Waals surface area contributed by atoms with E-state index in [1.165, 1.54) is 0 Å². The first kappa shape index (κ1) is 12.7. The second kappa shape index (κ2) is 6.28. The van der Waals surface area contributed by atoms with Crippen molar-refractivity contribution in [3.8, 4) is 0 Å². The highest BCUT2D eigenvalue weighted by Crippen LogP contribution is 2.12. The van der Waals surface area contributed by atoms with Gasteiger partial charge in [-0.25, -0.2) is 0 Å². The monoisotopic (exact) mass is 221 g/mol. The highest BCUT2D eigenvalue weighted by atomic mass is 16.5.